The summed E-state index contributed by atoms with van der Waals surface area (Å²) in [6, 6.07) is 0. The zero-order valence-corrected chi connectivity index (χ0v) is 10.8. The van der Waals surface area contributed by atoms with Crippen molar-refractivity contribution < 1.29 is 19.1 Å². The molecule has 1 amide bonds. The number of esters is 1. The number of likely N-dealkylation sites (tertiary alicyclic amines) is 1. The molecule has 0 aromatic carbocycles. The van der Waals surface area contributed by atoms with Crippen molar-refractivity contribution >= 4 is 12.1 Å². The Balaban J connectivity index is 2.62. The molecule has 0 bridgehead atoms. The Morgan fingerprint density at radius 2 is 1.94 bits per heavy atom. The van der Waals surface area contributed by atoms with Crippen LogP contribution in [0.2, 0.25) is 0 Å². The van der Waals surface area contributed by atoms with Crippen LogP contribution < -0.4 is 5.73 Å². The third-order valence-corrected chi connectivity index (χ3v) is 2.54. The Hall–Kier alpha value is -1.30. The summed E-state index contributed by atoms with van der Waals surface area (Å²) in [6.07, 6.45) is -0.0624. The van der Waals surface area contributed by atoms with Gasteiger partial charge in [0.25, 0.3) is 0 Å². The summed E-state index contributed by atoms with van der Waals surface area (Å²) in [6.45, 7) is 5.90. The van der Waals surface area contributed by atoms with Crippen molar-refractivity contribution in [3.8, 4) is 0 Å². The van der Waals surface area contributed by atoms with Gasteiger partial charge in [-0.15, -0.1) is 0 Å². The van der Waals surface area contributed by atoms with E-state index in [4.69, 9.17) is 10.5 Å². The van der Waals surface area contributed by atoms with E-state index >= 15 is 0 Å². The Kier molecular flexibility index (Phi) is 3.66. The monoisotopic (exact) mass is 244 g/mol. The Bertz CT molecular complexity index is 324. The summed E-state index contributed by atoms with van der Waals surface area (Å²) in [5, 5.41) is 0. The summed E-state index contributed by atoms with van der Waals surface area (Å²) >= 11 is 0. The fourth-order valence-corrected chi connectivity index (χ4v) is 1.69. The van der Waals surface area contributed by atoms with Gasteiger partial charge in [0.15, 0.2) is 0 Å². The highest BCUT2D eigenvalue weighted by atomic mass is 16.6. The van der Waals surface area contributed by atoms with Crippen molar-refractivity contribution in [1.29, 1.82) is 0 Å². The SMILES string of the molecule is COC(=O)C1(N)CCN(C(=O)OC(C)(C)C)C1. The van der Waals surface area contributed by atoms with Crippen molar-refractivity contribution in [2.75, 3.05) is 20.2 Å². The lowest BCUT2D eigenvalue weighted by atomic mass is 10.0. The second kappa shape index (κ2) is 4.52. The molecule has 0 aliphatic carbocycles. The molecule has 1 saturated heterocycles. The number of carbonyl (C=O) groups is 2. The first-order valence-electron chi connectivity index (χ1n) is 5.53. The second-order valence-corrected chi connectivity index (χ2v) is 5.30. The highest BCUT2D eigenvalue weighted by molar-refractivity contribution is 5.82. The normalized spacial score (nSPS) is 24.6. The molecule has 2 N–H and O–H groups in total. The fraction of sp³-hybridized carbons (Fsp3) is 0.818. The quantitative estimate of drug-likeness (QED) is 0.679. The van der Waals surface area contributed by atoms with Crippen molar-refractivity contribution in [2.45, 2.75) is 38.3 Å². The summed E-state index contributed by atoms with van der Waals surface area (Å²) in [7, 11) is 1.28. The van der Waals surface area contributed by atoms with Gasteiger partial charge in [0, 0.05) is 6.54 Å². The zero-order valence-electron chi connectivity index (χ0n) is 10.8. The minimum atomic E-state index is -1.11. The molecule has 1 fully saturated rings. The molecule has 0 aromatic rings. The van der Waals surface area contributed by atoms with Crippen LogP contribution in [0.15, 0.2) is 0 Å². The number of amides is 1. The predicted octanol–water partition coefficient (Wildman–Crippen LogP) is 0.498. The van der Waals surface area contributed by atoms with E-state index in [0.717, 1.165) is 0 Å². The number of methoxy groups -OCH3 is 1. The summed E-state index contributed by atoms with van der Waals surface area (Å²) in [5.41, 5.74) is 4.22. The molecule has 0 aromatic heterocycles. The van der Waals surface area contributed by atoms with E-state index in [9.17, 15) is 9.59 Å². The lowest BCUT2D eigenvalue weighted by molar-refractivity contribution is -0.146. The maximum Gasteiger partial charge on any atom is 0.410 e. The number of hydrogen-bond acceptors (Lipinski definition) is 5. The molecule has 1 rings (SSSR count). The molecule has 0 saturated carbocycles. The topological polar surface area (TPSA) is 81.9 Å². The van der Waals surface area contributed by atoms with Crippen molar-refractivity contribution in [2.24, 2.45) is 5.73 Å². The molecule has 6 nitrogen and oxygen atoms in total. The molecule has 1 heterocycles. The van der Waals surface area contributed by atoms with E-state index in [0.29, 0.717) is 13.0 Å². The van der Waals surface area contributed by atoms with Crippen LogP contribution in [0, 0.1) is 0 Å². The number of nitrogens with zero attached hydrogens (tertiary/aromatic N) is 1. The predicted molar refractivity (Wildman–Crippen MR) is 61.4 cm³/mol. The standard InChI is InChI=1S/C11H20N2O4/c1-10(2,3)17-9(15)13-6-5-11(12,7-13)8(14)16-4/h5-7,12H2,1-4H3. The van der Waals surface area contributed by atoms with Gasteiger partial charge in [0.05, 0.1) is 13.7 Å². The maximum absolute atomic E-state index is 11.8. The second-order valence-electron chi connectivity index (χ2n) is 5.30. The van der Waals surface area contributed by atoms with E-state index in [-0.39, 0.29) is 6.54 Å². The number of hydrogen-bond donors (Lipinski definition) is 1. The van der Waals surface area contributed by atoms with Crippen LogP contribution in [-0.4, -0.2) is 48.3 Å². The minimum absolute atomic E-state index is 0.134. The van der Waals surface area contributed by atoms with E-state index in [1.807, 2.05) is 0 Å². The van der Waals surface area contributed by atoms with Crippen LogP contribution >= 0.6 is 0 Å². The van der Waals surface area contributed by atoms with Gasteiger partial charge in [-0.1, -0.05) is 0 Å². The van der Waals surface area contributed by atoms with E-state index < -0.39 is 23.2 Å². The van der Waals surface area contributed by atoms with E-state index in [1.54, 1.807) is 20.8 Å². The van der Waals surface area contributed by atoms with Crippen LogP contribution in [0.1, 0.15) is 27.2 Å². The molecule has 0 spiro atoms. The van der Waals surface area contributed by atoms with Gasteiger partial charge in [-0.2, -0.15) is 0 Å². The van der Waals surface area contributed by atoms with Gasteiger partial charge < -0.3 is 20.1 Å². The first-order valence-corrected chi connectivity index (χ1v) is 5.53. The smallest absolute Gasteiger partial charge is 0.410 e. The third-order valence-electron chi connectivity index (χ3n) is 2.54. The molecule has 1 aliphatic rings. The first-order chi connectivity index (χ1) is 7.68. The molecular formula is C11H20N2O4. The van der Waals surface area contributed by atoms with Crippen LogP contribution in [0.25, 0.3) is 0 Å². The number of nitrogens with two attached hydrogens (primary N) is 1. The summed E-state index contributed by atoms with van der Waals surface area (Å²) in [5.74, 6) is -0.497. The van der Waals surface area contributed by atoms with Gasteiger partial charge in [0.1, 0.15) is 11.1 Å². The summed E-state index contributed by atoms with van der Waals surface area (Å²) in [4.78, 5) is 24.7. The van der Waals surface area contributed by atoms with Gasteiger partial charge in [0.2, 0.25) is 0 Å². The number of carbonyl (C=O) groups excluding carboxylic acids is 2. The van der Waals surface area contributed by atoms with Crippen molar-refractivity contribution in [3.05, 3.63) is 0 Å². The van der Waals surface area contributed by atoms with Crippen LogP contribution in [0.3, 0.4) is 0 Å². The zero-order chi connectivity index (χ0) is 13.3. The molecule has 1 atom stereocenters. The Labute approximate surface area is 101 Å². The van der Waals surface area contributed by atoms with Crippen molar-refractivity contribution in [1.82, 2.24) is 4.90 Å². The maximum atomic E-state index is 11.8. The van der Waals surface area contributed by atoms with Gasteiger partial charge in [-0.05, 0) is 27.2 Å². The van der Waals surface area contributed by atoms with E-state index in [1.165, 1.54) is 12.0 Å². The molecule has 6 heteroatoms. The van der Waals surface area contributed by atoms with Crippen LogP contribution in [0.4, 0.5) is 4.79 Å². The number of rotatable bonds is 1. The molecule has 1 aliphatic heterocycles. The molecule has 1 unspecified atom stereocenters. The minimum Gasteiger partial charge on any atom is -0.468 e. The lowest BCUT2D eigenvalue weighted by Crippen LogP contribution is -2.51. The van der Waals surface area contributed by atoms with E-state index in [2.05, 4.69) is 4.74 Å². The Morgan fingerprint density at radius 1 is 1.35 bits per heavy atom. The van der Waals surface area contributed by atoms with Crippen molar-refractivity contribution in [3.63, 3.8) is 0 Å². The van der Waals surface area contributed by atoms with Gasteiger partial charge in [-0.3, -0.25) is 0 Å². The van der Waals surface area contributed by atoms with Gasteiger partial charge >= 0.3 is 12.1 Å². The Morgan fingerprint density at radius 3 is 2.41 bits per heavy atom. The highest BCUT2D eigenvalue weighted by Gasteiger charge is 2.44. The number of ether oxygens (including phenoxy) is 2. The van der Waals surface area contributed by atoms with Crippen LogP contribution in [0.5, 0.6) is 0 Å². The fourth-order valence-electron chi connectivity index (χ4n) is 1.69. The largest absolute Gasteiger partial charge is 0.468 e. The molecule has 17 heavy (non-hydrogen) atoms. The van der Waals surface area contributed by atoms with Crippen LogP contribution in [-0.2, 0) is 14.3 Å². The molecule has 0 radical (unpaired) electrons. The third kappa shape index (κ3) is 3.33. The lowest BCUT2D eigenvalue weighted by Gasteiger charge is -2.25. The molecule has 98 valence electrons. The average Bonchev–Trinajstić information content (AvgIpc) is 2.58. The molecular weight excluding hydrogens is 224 g/mol. The summed E-state index contributed by atoms with van der Waals surface area (Å²) < 4.78 is 9.83. The van der Waals surface area contributed by atoms with Gasteiger partial charge in [-0.25, -0.2) is 9.59 Å². The first kappa shape index (κ1) is 13.8. The average molecular weight is 244 g/mol. The highest BCUT2D eigenvalue weighted by Crippen LogP contribution is 2.22.